The first-order valence-corrected chi connectivity index (χ1v) is 12.1. The van der Waals surface area contributed by atoms with Crippen LogP contribution in [-0.4, -0.2) is 40.3 Å². The summed E-state index contributed by atoms with van der Waals surface area (Å²) < 4.78 is 11.2. The van der Waals surface area contributed by atoms with Gasteiger partial charge in [0.1, 0.15) is 18.0 Å². The van der Waals surface area contributed by atoms with E-state index in [1.807, 2.05) is 77.1 Å². The number of nitrogens with zero attached hydrogens (tertiary/aromatic N) is 3. The van der Waals surface area contributed by atoms with Gasteiger partial charge in [-0.2, -0.15) is 0 Å². The highest BCUT2D eigenvalue weighted by atomic mass is 16.6. The van der Waals surface area contributed by atoms with Crippen molar-refractivity contribution < 1.29 is 19.1 Å². The van der Waals surface area contributed by atoms with E-state index in [9.17, 15) is 9.59 Å². The van der Waals surface area contributed by atoms with Crippen LogP contribution in [0.1, 0.15) is 77.5 Å². The largest absolute Gasteiger partial charge is 0.445 e. The number of amides is 2. The van der Waals surface area contributed by atoms with Crippen LogP contribution in [0.25, 0.3) is 0 Å². The zero-order valence-corrected chi connectivity index (χ0v) is 21.0. The highest BCUT2D eigenvalue weighted by Gasteiger charge is 2.31. The van der Waals surface area contributed by atoms with Gasteiger partial charge in [0.15, 0.2) is 0 Å². The van der Waals surface area contributed by atoms with Crippen LogP contribution in [0.3, 0.4) is 0 Å². The summed E-state index contributed by atoms with van der Waals surface area (Å²) in [6, 6.07) is 13.3. The minimum atomic E-state index is -0.592. The number of anilines is 1. The lowest BCUT2D eigenvalue weighted by Gasteiger charge is -2.35. The van der Waals surface area contributed by atoms with Gasteiger partial charge in [-0.3, -0.25) is 4.90 Å². The van der Waals surface area contributed by atoms with E-state index in [0.717, 1.165) is 36.8 Å². The topological polar surface area (TPSA) is 72.0 Å². The lowest BCUT2D eigenvalue weighted by Crippen LogP contribution is -2.42. The number of benzene rings is 1. The maximum Gasteiger partial charge on any atom is 0.416 e. The number of carbonyl (C=O) groups excluding carboxylic acids is 2. The summed E-state index contributed by atoms with van der Waals surface area (Å²) in [7, 11) is 0. The van der Waals surface area contributed by atoms with E-state index in [1.165, 1.54) is 0 Å². The number of rotatable bonds is 6. The fraction of sp³-hybridized carbons (Fsp3) is 0.519. The number of pyridine rings is 1. The quantitative estimate of drug-likeness (QED) is 0.486. The Hall–Kier alpha value is -3.09. The summed E-state index contributed by atoms with van der Waals surface area (Å²) in [5.41, 5.74) is 1.31. The smallest absolute Gasteiger partial charge is 0.416 e. The number of ether oxygens (including phenoxy) is 2. The fourth-order valence-electron chi connectivity index (χ4n) is 4.03. The van der Waals surface area contributed by atoms with E-state index in [4.69, 9.17) is 9.47 Å². The lowest BCUT2D eigenvalue weighted by molar-refractivity contribution is 0.0565. The third-order valence-corrected chi connectivity index (χ3v) is 5.97. The summed E-state index contributed by atoms with van der Waals surface area (Å²) in [5, 5.41) is 0. The first kappa shape index (κ1) is 25.5. The molecule has 3 rings (SSSR count). The molecular formula is C27H37N3O4. The molecule has 7 heteroatoms. The highest BCUT2D eigenvalue weighted by molar-refractivity contribution is 5.87. The molecule has 0 bridgehead atoms. The van der Waals surface area contributed by atoms with Crippen molar-refractivity contribution >= 4 is 18.0 Å². The van der Waals surface area contributed by atoms with Crippen molar-refractivity contribution in [2.75, 3.05) is 11.4 Å². The Morgan fingerprint density at radius 2 is 1.88 bits per heavy atom. The van der Waals surface area contributed by atoms with Crippen molar-refractivity contribution in [3.05, 3.63) is 59.8 Å². The van der Waals surface area contributed by atoms with Gasteiger partial charge >= 0.3 is 12.2 Å². The summed E-state index contributed by atoms with van der Waals surface area (Å²) in [5.74, 6) is 0.543. The highest BCUT2D eigenvalue weighted by Crippen LogP contribution is 2.32. The Bertz CT molecular complexity index is 941. The van der Waals surface area contributed by atoms with Gasteiger partial charge in [-0.25, -0.2) is 14.6 Å². The molecule has 7 nitrogen and oxygen atoms in total. The molecular weight excluding hydrogens is 430 g/mol. The average molecular weight is 468 g/mol. The molecule has 34 heavy (non-hydrogen) atoms. The molecule has 0 N–H and O–H groups in total. The SMILES string of the molecule is CC[C@@H](C)N(C(=O)OC(C)(C)C)c1ccc([C@@H]2CCCCN2C(=O)OCc2ccccc2)cn1. The Balaban J connectivity index is 1.74. The van der Waals surface area contributed by atoms with Crippen molar-refractivity contribution in [3.8, 4) is 0 Å². The maximum atomic E-state index is 12.9. The predicted molar refractivity (Wildman–Crippen MR) is 133 cm³/mol. The second-order valence-corrected chi connectivity index (χ2v) is 9.80. The molecule has 1 aromatic carbocycles. The van der Waals surface area contributed by atoms with Gasteiger partial charge in [0.25, 0.3) is 0 Å². The lowest BCUT2D eigenvalue weighted by atomic mass is 9.97. The van der Waals surface area contributed by atoms with Gasteiger partial charge in [0, 0.05) is 18.8 Å². The van der Waals surface area contributed by atoms with E-state index >= 15 is 0 Å². The second-order valence-electron chi connectivity index (χ2n) is 9.80. The molecule has 0 spiro atoms. The first-order valence-electron chi connectivity index (χ1n) is 12.1. The van der Waals surface area contributed by atoms with Crippen molar-refractivity contribution in [1.29, 1.82) is 0 Å². The van der Waals surface area contributed by atoms with Crippen molar-refractivity contribution in [3.63, 3.8) is 0 Å². The normalized spacial score (nSPS) is 17.1. The van der Waals surface area contributed by atoms with Gasteiger partial charge < -0.3 is 14.4 Å². The maximum absolute atomic E-state index is 12.9. The van der Waals surface area contributed by atoms with Gasteiger partial charge in [0.2, 0.25) is 0 Å². The molecule has 2 atom stereocenters. The van der Waals surface area contributed by atoms with Crippen LogP contribution >= 0.6 is 0 Å². The molecule has 1 saturated heterocycles. The van der Waals surface area contributed by atoms with Gasteiger partial charge in [-0.15, -0.1) is 0 Å². The van der Waals surface area contributed by atoms with Crippen LogP contribution in [0, 0.1) is 0 Å². The molecule has 1 aromatic heterocycles. The Morgan fingerprint density at radius 1 is 1.15 bits per heavy atom. The van der Waals surface area contributed by atoms with E-state index in [0.29, 0.717) is 12.4 Å². The molecule has 1 fully saturated rings. The van der Waals surface area contributed by atoms with Crippen LogP contribution in [0.15, 0.2) is 48.7 Å². The number of carbonyl (C=O) groups is 2. The number of piperidine rings is 1. The number of hydrogen-bond donors (Lipinski definition) is 0. The van der Waals surface area contributed by atoms with E-state index in [-0.39, 0.29) is 24.8 Å². The molecule has 0 radical (unpaired) electrons. The molecule has 2 aromatic rings. The van der Waals surface area contributed by atoms with Gasteiger partial charge in [-0.1, -0.05) is 43.3 Å². The van der Waals surface area contributed by atoms with Crippen LogP contribution in [0.2, 0.25) is 0 Å². The third kappa shape index (κ3) is 6.72. The molecule has 184 valence electrons. The average Bonchev–Trinajstić information content (AvgIpc) is 2.82. The van der Waals surface area contributed by atoms with E-state index in [1.54, 1.807) is 16.0 Å². The number of likely N-dealkylation sites (tertiary alicyclic amines) is 1. The van der Waals surface area contributed by atoms with E-state index < -0.39 is 11.7 Å². The van der Waals surface area contributed by atoms with Gasteiger partial charge in [0.05, 0.1) is 6.04 Å². The zero-order chi connectivity index (χ0) is 24.7. The third-order valence-electron chi connectivity index (χ3n) is 5.97. The standard InChI is InChI=1S/C27H37N3O4/c1-6-20(2)30(26(32)34-27(3,4)5)24-16-15-22(18-28-24)23-14-10-11-17-29(23)25(31)33-19-21-12-8-7-9-13-21/h7-9,12-13,15-16,18,20,23H,6,10-11,14,17,19H2,1-5H3/t20-,23+/m1/s1. The first-order chi connectivity index (χ1) is 16.2. The number of hydrogen-bond acceptors (Lipinski definition) is 5. The van der Waals surface area contributed by atoms with E-state index in [2.05, 4.69) is 4.98 Å². The second kappa shape index (κ2) is 11.4. The van der Waals surface area contributed by atoms with Crippen molar-refractivity contribution in [1.82, 2.24) is 9.88 Å². The molecule has 1 aliphatic rings. The Morgan fingerprint density at radius 3 is 2.50 bits per heavy atom. The minimum Gasteiger partial charge on any atom is -0.445 e. The van der Waals surface area contributed by atoms with Crippen molar-refractivity contribution in [2.45, 2.75) is 84.6 Å². The minimum absolute atomic E-state index is 0.0626. The van der Waals surface area contributed by atoms with Crippen LogP contribution < -0.4 is 4.90 Å². The Kier molecular flexibility index (Phi) is 8.53. The van der Waals surface area contributed by atoms with Crippen LogP contribution in [0.5, 0.6) is 0 Å². The predicted octanol–water partition coefficient (Wildman–Crippen LogP) is 6.49. The molecule has 0 saturated carbocycles. The van der Waals surface area contributed by atoms with Crippen LogP contribution in [-0.2, 0) is 16.1 Å². The number of aromatic nitrogens is 1. The van der Waals surface area contributed by atoms with Gasteiger partial charge in [-0.05, 0) is 70.6 Å². The monoisotopic (exact) mass is 467 g/mol. The zero-order valence-electron chi connectivity index (χ0n) is 21.0. The fourth-order valence-corrected chi connectivity index (χ4v) is 4.03. The molecule has 1 aliphatic heterocycles. The molecule has 2 amide bonds. The Labute approximate surface area is 203 Å². The molecule has 0 unspecified atom stereocenters. The molecule has 0 aliphatic carbocycles. The summed E-state index contributed by atoms with van der Waals surface area (Å²) in [6.07, 6.45) is 4.64. The van der Waals surface area contributed by atoms with Crippen LogP contribution in [0.4, 0.5) is 15.4 Å². The summed E-state index contributed by atoms with van der Waals surface area (Å²) in [4.78, 5) is 33.8. The van der Waals surface area contributed by atoms with Crippen molar-refractivity contribution in [2.24, 2.45) is 0 Å². The summed E-state index contributed by atoms with van der Waals surface area (Å²) in [6.45, 7) is 10.5. The summed E-state index contributed by atoms with van der Waals surface area (Å²) >= 11 is 0. The molecule has 2 heterocycles.